The van der Waals surface area contributed by atoms with Crippen LogP contribution in [0.3, 0.4) is 0 Å². The van der Waals surface area contributed by atoms with E-state index in [1.54, 1.807) is 7.11 Å². The van der Waals surface area contributed by atoms with Crippen LogP contribution in [0, 0.1) is 0 Å². The molecule has 0 spiro atoms. The molecule has 0 aromatic heterocycles. The summed E-state index contributed by atoms with van der Waals surface area (Å²) in [6.07, 6.45) is 1.12. The predicted molar refractivity (Wildman–Crippen MR) is 67.4 cm³/mol. The highest BCUT2D eigenvalue weighted by molar-refractivity contribution is 5.71. The maximum absolute atomic E-state index is 5.29. The van der Waals surface area contributed by atoms with E-state index in [2.05, 4.69) is 42.3 Å². The van der Waals surface area contributed by atoms with E-state index in [0.29, 0.717) is 0 Å². The lowest BCUT2D eigenvalue weighted by molar-refractivity contribution is 0.217. The number of hydrogen-bond acceptors (Lipinski definition) is 2. The first kappa shape index (κ1) is 11.4. The lowest BCUT2D eigenvalue weighted by Gasteiger charge is -2.28. The molecule has 1 heterocycles. The molecule has 2 heteroatoms. The highest BCUT2D eigenvalue weighted by Gasteiger charge is 2.17. The Balaban J connectivity index is 2.32. The van der Waals surface area contributed by atoms with Crippen molar-refractivity contribution in [3.05, 3.63) is 41.5 Å². The van der Waals surface area contributed by atoms with Crippen LogP contribution >= 0.6 is 0 Å². The molecule has 0 atom stereocenters. The van der Waals surface area contributed by atoms with Crippen molar-refractivity contribution in [2.24, 2.45) is 0 Å². The van der Waals surface area contributed by atoms with Crippen molar-refractivity contribution in [3.63, 3.8) is 0 Å². The largest absolute Gasteiger partial charge is 0.380 e. The molecule has 86 valence electrons. The van der Waals surface area contributed by atoms with Crippen LogP contribution in [0.25, 0.3) is 5.57 Å². The van der Waals surface area contributed by atoms with E-state index >= 15 is 0 Å². The van der Waals surface area contributed by atoms with Crippen molar-refractivity contribution >= 4 is 5.57 Å². The van der Waals surface area contributed by atoms with Crippen LogP contribution in [-0.2, 0) is 4.74 Å². The van der Waals surface area contributed by atoms with Crippen LogP contribution in [0.2, 0.25) is 0 Å². The Labute approximate surface area is 97.5 Å². The molecule has 0 N–H and O–H groups in total. The van der Waals surface area contributed by atoms with E-state index in [4.69, 9.17) is 4.74 Å². The van der Waals surface area contributed by atoms with Crippen LogP contribution in [-0.4, -0.2) is 38.8 Å². The minimum atomic E-state index is 0.762. The van der Waals surface area contributed by atoms with Gasteiger partial charge >= 0.3 is 0 Å². The summed E-state index contributed by atoms with van der Waals surface area (Å²) in [4.78, 5) is 2.36. The van der Waals surface area contributed by atoms with E-state index in [-0.39, 0.29) is 0 Å². The van der Waals surface area contributed by atoms with Crippen molar-refractivity contribution in [1.82, 2.24) is 4.90 Å². The van der Waals surface area contributed by atoms with Gasteiger partial charge in [-0.2, -0.15) is 0 Å². The van der Waals surface area contributed by atoms with Crippen molar-refractivity contribution in [3.8, 4) is 0 Å². The summed E-state index contributed by atoms with van der Waals surface area (Å²) in [5.74, 6) is 0. The summed E-state index contributed by atoms with van der Waals surface area (Å²) in [6.45, 7) is 2.93. The SMILES string of the molecule is COCC1=C(c2ccccc2)CN(C)CC1. The number of benzene rings is 1. The molecule has 0 aliphatic carbocycles. The van der Waals surface area contributed by atoms with E-state index in [1.807, 2.05) is 0 Å². The maximum Gasteiger partial charge on any atom is 0.0679 e. The fraction of sp³-hybridized carbons (Fsp3) is 0.429. The predicted octanol–water partition coefficient (Wildman–Crippen LogP) is 2.42. The molecule has 1 aliphatic rings. The smallest absolute Gasteiger partial charge is 0.0679 e. The normalized spacial score (nSPS) is 17.9. The zero-order valence-corrected chi connectivity index (χ0v) is 10.1. The van der Waals surface area contributed by atoms with Gasteiger partial charge in [0.25, 0.3) is 0 Å². The Hall–Kier alpha value is -1.12. The molecule has 0 radical (unpaired) electrons. The molecular formula is C14H19NO. The van der Waals surface area contributed by atoms with Crippen LogP contribution in [0.5, 0.6) is 0 Å². The molecule has 2 rings (SSSR count). The summed E-state index contributed by atoms with van der Waals surface area (Å²) in [5, 5.41) is 0. The molecule has 0 fully saturated rings. The second-order valence-corrected chi connectivity index (χ2v) is 4.37. The maximum atomic E-state index is 5.29. The molecule has 1 aliphatic heterocycles. The van der Waals surface area contributed by atoms with E-state index in [1.165, 1.54) is 16.7 Å². The third-order valence-electron chi connectivity index (χ3n) is 3.09. The molecule has 16 heavy (non-hydrogen) atoms. The molecule has 1 aromatic rings. The Kier molecular flexibility index (Phi) is 3.75. The first-order chi connectivity index (χ1) is 7.81. The third kappa shape index (κ3) is 2.52. The van der Waals surface area contributed by atoms with Gasteiger partial charge in [-0.05, 0) is 30.2 Å². The van der Waals surface area contributed by atoms with Crippen LogP contribution in [0.4, 0.5) is 0 Å². The average molecular weight is 217 g/mol. The number of methoxy groups -OCH3 is 1. The van der Waals surface area contributed by atoms with Crippen molar-refractivity contribution in [2.75, 3.05) is 33.9 Å². The molecule has 0 saturated carbocycles. The third-order valence-corrected chi connectivity index (χ3v) is 3.09. The fourth-order valence-corrected chi connectivity index (χ4v) is 2.21. The summed E-state index contributed by atoms with van der Waals surface area (Å²) >= 11 is 0. The van der Waals surface area contributed by atoms with Crippen LogP contribution in [0.1, 0.15) is 12.0 Å². The lowest BCUT2D eigenvalue weighted by Crippen LogP contribution is -2.28. The van der Waals surface area contributed by atoms with Crippen molar-refractivity contribution in [2.45, 2.75) is 6.42 Å². The first-order valence-electron chi connectivity index (χ1n) is 5.75. The van der Waals surface area contributed by atoms with Gasteiger partial charge in [-0.1, -0.05) is 30.3 Å². The monoisotopic (exact) mass is 217 g/mol. The van der Waals surface area contributed by atoms with Gasteiger partial charge in [0, 0.05) is 20.2 Å². The highest BCUT2D eigenvalue weighted by Crippen LogP contribution is 2.25. The van der Waals surface area contributed by atoms with Crippen molar-refractivity contribution < 1.29 is 4.74 Å². The fourth-order valence-electron chi connectivity index (χ4n) is 2.21. The highest BCUT2D eigenvalue weighted by atomic mass is 16.5. The van der Waals surface area contributed by atoms with Gasteiger partial charge in [-0.15, -0.1) is 0 Å². The Morgan fingerprint density at radius 1 is 1.25 bits per heavy atom. The Bertz CT molecular complexity index is 370. The standard InChI is InChI=1S/C14H19NO/c1-15-9-8-13(11-16-2)14(10-15)12-6-4-3-5-7-12/h3-7H,8-11H2,1-2H3. The van der Waals surface area contributed by atoms with Gasteiger partial charge in [0.1, 0.15) is 0 Å². The summed E-state index contributed by atoms with van der Waals surface area (Å²) in [7, 11) is 3.94. The molecule has 0 amide bonds. The molecule has 0 saturated heterocycles. The number of rotatable bonds is 3. The van der Waals surface area contributed by atoms with E-state index < -0.39 is 0 Å². The van der Waals surface area contributed by atoms with Gasteiger partial charge < -0.3 is 9.64 Å². The van der Waals surface area contributed by atoms with Gasteiger partial charge in [0.15, 0.2) is 0 Å². The minimum absolute atomic E-state index is 0.762. The number of likely N-dealkylation sites (N-methyl/N-ethyl adjacent to an activating group) is 1. The molecular weight excluding hydrogens is 198 g/mol. The quantitative estimate of drug-likeness (QED) is 0.771. The second-order valence-electron chi connectivity index (χ2n) is 4.37. The van der Waals surface area contributed by atoms with Crippen LogP contribution < -0.4 is 0 Å². The summed E-state index contributed by atoms with van der Waals surface area (Å²) in [5.41, 5.74) is 4.23. The topological polar surface area (TPSA) is 12.5 Å². The second kappa shape index (κ2) is 5.28. The summed E-state index contributed by atoms with van der Waals surface area (Å²) < 4.78 is 5.29. The van der Waals surface area contributed by atoms with E-state index in [9.17, 15) is 0 Å². The van der Waals surface area contributed by atoms with Gasteiger partial charge in [-0.25, -0.2) is 0 Å². The zero-order valence-electron chi connectivity index (χ0n) is 10.1. The number of ether oxygens (including phenoxy) is 1. The first-order valence-corrected chi connectivity index (χ1v) is 5.75. The number of nitrogens with zero attached hydrogens (tertiary/aromatic N) is 1. The molecule has 0 bridgehead atoms. The van der Waals surface area contributed by atoms with Gasteiger partial charge in [0.2, 0.25) is 0 Å². The lowest BCUT2D eigenvalue weighted by atomic mass is 9.95. The minimum Gasteiger partial charge on any atom is -0.380 e. The van der Waals surface area contributed by atoms with Gasteiger partial charge in [0.05, 0.1) is 6.61 Å². The van der Waals surface area contributed by atoms with E-state index in [0.717, 1.165) is 26.1 Å². The molecule has 0 unspecified atom stereocenters. The Morgan fingerprint density at radius 2 is 2.00 bits per heavy atom. The molecule has 1 aromatic carbocycles. The zero-order chi connectivity index (χ0) is 11.4. The number of hydrogen-bond donors (Lipinski definition) is 0. The van der Waals surface area contributed by atoms with Crippen molar-refractivity contribution in [1.29, 1.82) is 0 Å². The van der Waals surface area contributed by atoms with Crippen LogP contribution in [0.15, 0.2) is 35.9 Å². The average Bonchev–Trinajstić information content (AvgIpc) is 2.33. The summed E-state index contributed by atoms with van der Waals surface area (Å²) in [6, 6.07) is 10.6. The Morgan fingerprint density at radius 3 is 2.69 bits per heavy atom. The molecule has 2 nitrogen and oxygen atoms in total. The van der Waals surface area contributed by atoms with Gasteiger partial charge in [-0.3, -0.25) is 0 Å².